The zero-order chi connectivity index (χ0) is 14.6. The van der Waals surface area contributed by atoms with Gasteiger partial charge in [0.1, 0.15) is 0 Å². The average Bonchev–Trinajstić information content (AvgIpc) is 2.29. The molecule has 6 nitrogen and oxygen atoms in total. The highest BCUT2D eigenvalue weighted by Crippen LogP contribution is 2.24. The molecule has 0 radical (unpaired) electrons. The second kappa shape index (κ2) is 6.23. The summed E-state index contributed by atoms with van der Waals surface area (Å²) in [6.07, 6.45) is 0.591. The van der Waals surface area contributed by atoms with E-state index in [-0.39, 0.29) is 17.5 Å². The van der Waals surface area contributed by atoms with Crippen molar-refractivity contribution < 1.29 is 13.5 Å². The van der Waals surface area contributed by atoms with E-state index in [4.69, 9.17) is 16.0 Å². The maximum atomic E-state index is 11.2. The van der Waals surface area contributed by atoms with E-state index in [1.165, 1.54) is 12.1 Å². The standard InChI is InChI=1S/C12H21N3O3S/c1-8(2)11(5-6-16)15-12-4-3-9(7-10(12)13)19(14,17)18/h3-4,7-8,11,15-16H,5-6,13H2,1-2H3,(H2,14,17,18). The number of hydrogen-bond donors (Lipinski definition) is 4. The summed E-state index contributed by atoms with van der Waals surface area (Å²) in [4.78, 5) is -0.0150. The molecule has 0 amide bonds. The molecule has 1 atom stereocenters. The molecular formula is C12H21N3O3S. The third-order valence-electron chi connectivity index (χ3n) is 2.94. The first kappa shape index (κ1) is 15.7. The lowest BCUT2D eigenvalue weighted by Crippen LogP contribution is -2.27. The molecule has 1 aromatic carbocycles. The molecule has 0 saturated carbocycles. The van der Waals surface area contributed by atoms with Gasteiger partial charge in [-0.05, 0) is 30.5 Å². The first-order chi connectivity index (χ1) is 8.75. The van der Waals surface area contributed by atoms with Crippen LogP contribution in [0, 0.1) is 5.92 Å². The van der Waals surface area contributed by atoms with Gasteiger partial charge in [0.05, 0.1) is 16.3 Å². The van der Waals surface area contributed by atoms with Crippen molar-refractivity contribution >= 4 is 21.4 Å². The van der Waals surface area contributed by atoms with Crippen LogP contribution in [0.5, 0.6) is 0 Å². The summed E-state index contributed by atoms with van der Waals surface area (Å²) in [6.45, 7) is 4.13. The largest absolute Gasteiger partial charge is 0.397 e. The number of nitrogens with one attached hydrogen (secondary N) is 1. The maximum absolute atomic E-state index is 11.2. The van der Waals surface area contributed by atoms with Gasteiger partial charge < -0.3 is 16.2 Å². The fourth-order valence-corrected chi connectivity index (χ4v) is 2.31. The average molecular weight is 287 g/mol. The fourth-order valence-electron chi connectivity index (χ4n) is 1.76. The minimum absolute atomic E-state index is 0.0150. The first-order valence-corrected chi connectivity index (χ1v) is 7.60. The molecule has 108 valence electrons. The molecule has 1 unspecified atom stereocenters. The van der Waals surface area contributed by atoms with Gasteiger partial charge in [0.15, 0.2) is 0 Å². The Morgan fingerprint density at radius 1 is 1.37 bits per heavy atom. The summed E-state index contributed by atoms with van der Waals surface area (Å²) in [5, 5.41) is 17.3. The predicted molar refractivity (Wildman–Crippen MR) is 76.2 cm³/mol. The van der Waals surface area contributed by atoms with E-state index in [2.05, 4.69) is 5.32 Å². The molecule has 6 N–H and O–H groups in total. The molecule has 0 heterocycles. The van der Waals surface area contributed by atoms with Gasteiger partial charge in [-0.25, -0.2) is 13.6 Å². The number of hydrogen-bond acceptors (Lipinski definition) is 5. The Labute approximate surface area is 113 Å². The second-order valence-corrected chi connectivity index (χ2v) is 6.36. The number of primary sulfonamides is 1. The van der Waals surface area contributed by atoms with Gasteiger partial charge in [-0.2, -0.15) is 0 Å². The van der Waals surface area contributed by atoms with E-state index < -0.39 is 10.0 Å². The Morgan fingerprint density at radius 3 is 2.42 bits per heavy atom. The van der Waals surface area contributed by atoms with Crippen LogP contribution in [-0.4, -0.2) is 26.2 Å². The van der Waals surface area contributed by atoms with Crippen molar-refractivity contribution in [1.29, 1.82) is 0 Å². The monoisotopic (exact) mass is 287 g/mol. The molecule has 0 fully saturated rings. The van der Waals surface area contributed by atoms with Crippen molar-refractivity contribution in [2.24, 2.45) is 11.1 Å². The second-order valence-electron chi connectivity index (χ2n) is 4.80. The summed E-state index contributed by atoms with van der Waals surface area (Å²) in [7, 11) is -3.74. The molecule has 0 spiro atoms. The van der Waals surface area contributed by atoms with Gasteiger partial charge in [0.25, 0.3) is 0 Å². The van der Waals surface area contributed by atoms with Gasteiger partial charge in [-0.3, -0.25) is 0 Å². The van der Waals surface area contributed by atoms with Crippen molar-refractivity contribution in [2.75, 3.05) is 17.7 Å². The van der Waals surface area contributed by atoms with Crippen LogP contribution in [0.1, 0.15) is 20.3 Å². The Bertz CT molecular complexity index is 529. The summed E-state index contributed by atoms with van der Waals surface area (Å²) < 4.78 is 22.4. The number of nitrogens with two attached hydrogens (primary N) is 2. The van der Waals surface area contributed by atoms with Gasteiger partial charge in [0.2, 0.25) is 10.0 Å². The third kappa shape index (κ3) is 4.38. The van der Waals surface area contributed by atoms with Gasteiger partial charge in [-0.15, -0.1) is 0 Å². The molecule has 0 bridgehead atoms. The smallest absolute Gasteiger partial charge is 0.238 e. The van der Waals surface area contributed by atoms with Crippen LogP contribution in [0.25, 0.3) is 0 Å². The molecular weight excluding hydrogens is 266 g/mol. The lowest BCUT2D eigenvalue weighted by atomic mass is 10.0. The number of benzene rings is 1. The van der Waals surface area contributed by atoms with Crippen LogP contribution in [0.2, 0.25) is 0 Å². The Kier molecular flexibility index (Phi) is 5.16. The summed E-state index contributed by atoms with van der Waals surface area (Å²) in [5.74, 6) is 0.310. The fraction of sp³-hybridized carbons (Fsp3) is 0.500. The highest BCUT2D eigenvalue weighted by molar-refractivity contribution is 7.89. The van der Waals surface area contributed by atoms with E-state index in [9.17, 15) is 8.42 Å². The lowest BCUT2D eigenvalue weighted by Gasteiger charge is -2.23. The first-order valence-electron chi connectivity index (χ1n) is 6.05. The maximum Gasteiger partial charge on any atom is 0.238 e. The molecule has 19 heavy (non-hydrogen) atoms. The predicted octanol–water partition coefficient (Wildman–Crippen LogP) is 0.735. The zero-order valence-corrected chi connectivity index (χ0v) is 11.9. The van der Waals surface area contributed by atoms with Crippen LogP contribution < -0.4 is 16.2 Å². The molecule has 0 aliphatic heterocycles. The van der Waals surface area contributed by atoms with Crippen LogP contribution >= 0.6 is 0 Å². The molecule has 7 heteroatoms. The van der Waals surface area contributed by atoms with Crippen LogP contribution in [0.4, 0.5) is 11.4 Å². The topological polar surface area (TPSA) is 118 Å². The minimum atomic E-state index is -3.74. The molecule has 0 aromatic heterocycles. The summed E-state index contributed by atoms with van der Waals surface area (Å²) in [6, 6.07) is 4.38. The number of sulfonamides is 1. The Morgan fingerprint density at radius 2 is 2.00 bits per heavy atom. The van der Waals surface area contributed by atoms with E-state index >= 15 is 0 Å². The van der Waals surface area contributed by atoms with E-state index in [0.29, 0.717) is 23.7 Å². The van der Waals surface area contributed by atoms with Crippen molar-refractivity contribution in [3.05, 3.63) is 18.2 Å². The number of rotatable bonds is 6. The number of aliphatic hydroxyl groups is 1. The van der Waals surface area contributed by atoms with Crippen molar-refractivity contribution in [3.8, 4) is 0 Å². The number of anilines is 2. The third-order valence-corrected chi connectivity index (χ3v) is 3.85. The molecule has 1 aromatic rings. The number of nitrogen functional groups attached to an aromatic ring is 1. The molecule has 0 saturated heterocycles. The Hall–Kier alpha value is -1.31. The normalized spacial score (nSPS) is 13.5. The van der Waals surface area contributed by atoms with Crippen LogP contribution in [0.15, 0.2) is 23.1 Å². The van der Waals surface area contributed by atoms with E-state index in [0.717, 1.165) is 0 Å². The molecule has 1 rings (SSSR count). The SMILES string of the molecule is CC(C)C(CCO)Nc1ccc(S(N)(=O)=O)cc1N. The number of aliphatic hydroxyl groups excluding tert-OH is 1. The van der Waals surface area contributed by atoms with Crippen molar-refractivity contribution in [2.45, 2.75) is 31.2 Å². The highest BCUT2D eigenvalue weighted by Gasteiger charge is 2.15. The van der Waals surface area contributed by atoms with Crippen LogP contribution in [0.3, 0.4) is 0 Å². The van der Waals surface area contributed by atoms with Gasteiger partial charge in [-0.1, -0.05) is 13.8 Å². The summed E-state index contributed by atoms with van der Waals surface area (Å²) in [5.41, 5.74) is 6.77. The van der Waals surface area contributed by atoms with Crippen molar-refractivity contribution in [3.63, 3.8) is 0 Å². The zero-order valence-electron chi connectivity index (χ0n) is 11.1. The molecule has 0 aliphatic rings. The van der Waals surface area contributed by atoms with Gasteiger partial charge in [0, 0.05) is 12.6 Å². The summed E-state index contributed by atoms with van der Waals surface area (Å²) >= 11 is 0. The van der Waals surface area contributed by atoms with E-state index in [1.807, 2.05) is 13.8 Å². The lowest BCUT2D eigenvalue weighted by molar-refractivity contribution is 0.267. The van der Waals surface area contributed by atoms with Crippen LogP contribution in [-0.2, 0) is 10.0 Å². The van der Waals surface area contributed by atoms with Crippen molar-refractivity contribution in [1.82, 2.24) is 0 Å². The van der Waals surface area contributed by atoms with Gasteiger partial charge >= 0.3 is 0 Å². The molecule has 0 aliphatic carbocycles. The quantitative estimate of drug-likeness (QED) is 0.575. The highest BCUT2D eigenvalue weighted by atomic mass is 32.2. The Balaban J connectivity index is 2.97. The van der Waals surface area contributed by atoms with E-state index in [1.54, 1.807) is 6.07 Å². The minimum Gasteiger partial charge on any atom is -0.397 e.